The van der Waals surface area contributed by atoms with Crippen LogP contribution < -0.4 is 15.4 Å². The number of aryl methyl sites for hydroxylation is 1. The molecular weight excluding hydrogens is 260 g/mol. The van der Waals surface area contributed by atoms with Gasteiger partial charge in [-0.25, -0.2) is 0 Å². The SMILES string of the molecule is CCCOc1cccc(N2CCCc3ccccc32)c1N. The zero-order chi connectivity index (χ0) is 14.7. The molecular formula is C18H22N2O. The summed E-state index contributed by atoms with van der Waals surface area (Å²) in [5.74, 6) is 0.789. The first-order chi connectivity index (χ1) is 10.3. The number of hydrogen-bond donors (Lipinski definition) is 1. The van der Waals surface area contributed by atoms with E-state index in [4.69, 9.17) is 10.5 Å². The van der Waals surface area contributed by atoms with Gasteiger partial charge in [0, 0.05) is 12.2 Å². The van der Waals surface area contributed by atoms with E-state index in [0.29, 0.717) is 6.61 Å². The average molecular weight is 282 g/mol. The third kappa shape index (κ3) is 2.68. The molecule has 1 aliphatic heterocycles. The minimum Gasteiger partial charge on any atom is -0.491 e. The van der Waals surface area contributed by atoms with Crippen molar-refractivity contribution in [2.45, 2.75) is 26.2 Å². The number of benzene rings is 2. The number of fused-ring (bicyclic) bond motifs is 1. The molecule has 3 rings (SSSR count). The second-order valence-electron chi connectivity index (χ2n) is 5.42. The zero-order valence-electron chi connectivity index (χ0n) is 12.5. The van der Waals surface area contributed by atoms with Crippen LogP contribution in [0.4, 0.5) is 17.1 Å². The second kappa shape index (κ2) is 6.08. The maximum atomic E-state index is 6.35. The molecule has 0 bridgehead atoms. The van der Waals surface area contributed by atoms with Crippen molar-refractivity contribution in [1.29, 1.82) is 0 Å². The third-order valence-electron chi connectivity index (χ3n) is 3.91. The average Bonchev–Trinajstić information content (AvgIpc) is 2.53. The van der Waals surface area contributed by atoms with Gasteiger partial charge < -0.3 is 15.4 Å². The van der Waals surface area contributed by atoms with Gasteiger partial charge in [0.15, 0.2) is 0 Å². The van der Waals surface area contributed by atoms with Crippen LogP contribution in [0.3, 0.4) is 0 Å². The van der Waals surface area contributed by atoms with Crippen LogP contribution in [0, 0.1) is 0 Å². The molecule has 0 fully saturated rings. The Bertz CT molecular complexity index is 624. The number of hydrogen-bond acceptors (Lipinski definition) is 3. The second-order valence-corrected chi connectivity index (χ2v) is 5.42. The van der Waals surface area contributed by atoms with E-state index < -0.39 is 0 Å². The first-order valence-corrected chi connectivity index (χ1v) is 7.68. The van der Waals surface area contributed by atoms with Crippen LogP contribution >= 0.6 is 0 Å². The Labute approximate surface area is 126 Å². The Balaban J connectivity index is 1.98. The summed E-state index contributed by atoms with van der Waals surface area (Å²) in [6.45, 7) is 3.80. The maximum absolute atomic E-state index is 6.35. The molecule has 2 aromatic carbocycles. The number of nitrogens with two attached hydrogens (primary N) is 1. The zero-order valence-corrected chi connectivity index (χ0v) is 12.5. The monoisotopic (exact) mass is 282 g/mol. The van der Waals surface area contributed by atoms with Crippen molar-refractivity contribution in [3.05, 3.63) is 48.0 Å². The van der Waals surface area contributed by atoms with Crippen molar-refractivity contribution in [3.8, 4) is 5.75 Å². The number of ether oxygens (including phenoxy) is 1. The van der Waals surface area contributed by atoms with Crippen LogP contribution in [0.5, 0.6) is 5.75 Å². The highest BCUT2D eigenvalue weighted by Gasteiger charge is 2.20. The molecule has 3 nitrogen and oxygen atoms in total. The van der Waals surface area contributed by atoms with Gasteiger partial charge in [0.25, 0.3) is 0 Å². The lowest BCUT2D eigenvalue weighted by atomic mass is 10.0. The van der Waals surface area contributed by atoms with E-state index in [1.165, 1.54) is 11.3 Å². The van der Waals surface area contributed by atoms with Crippen molar-refractivity contribution in [2.24, 2.45) is 0 Å². The van der Waals surface area contributed by atoms with E-state index in [2.05, 4.69) is 42.2 Å². The first kappa shape index (κ1) is 13.8. The number of nitrogen functional groups attached to an aromatic ring is 1. The van der Waals surface area contributed by atoms with Crippen LogP contribution in [0.1, 0.15) is 25.3 Å². The van der Waals surface area contributed by atoms with Gasteiger partial charge in [-0.2, -0.15) is 0 Å². The van der Waals surface area contributed by atoms with Crippen LogP contribution in [-0.2, 0) is 6.42 Å². The quantitative estimate of drug-likeness (QED) is 0.856. The van der Waals surface area contributed by atoms with Gasteiger partial charge in [-0.3, -0.25) is 0 Å². The Morgan fingerprint density at radius 2 is 1.90 bits per heavy atom. The van der Waals surface area contributed by atoms with Crippen molar-refractivity contribution in [2.75, 3.05) is 23.8 Å². The predicted molar refractivity (Wildman–Crippen MR) is 88.4 cm³/mol. The molecule has 0 spiro atoms. The minimum atomic E-state index is 0.699. The normalized spacial score (nSPS) is 13.9. The third-order valence-corrected chi connectivity index (χ3v) is 3.91. The molecule has 0 saturated carbocycles. The summed E-state index contributed by atoms with van der Waals surface area (Å²) in [4.78, 5) is 2.31. The smallest absolute Gasteiger partial charge is 0.144 e. The summed E-state index contributed by atoms with van der Waals surface area (Å²) < 4.78 is 5.75. The van der Waals surface area contributed by atoms with E-state index in [0.717, 1.165) is 42.9 Å². The molecule has 0 radical (unpaired) electrons. The number of nitrogens with zero attached hydrogens (tertiary/aromatic N) is 1. The number of anilines is 3. The van der Waals surface area contributed by atoms with Crippen LogP contribution in [0.2, 0.25) is 0 Å². The van der Waals surface area contributed by atoms with Crippen molar-refractivity contribution in [3.63, 3.8) is 0 Å². The van der Waals surface area contributed by atoms with Crippen LogP contribution in [-0.4, -0.2) is 13.2 Å². The minimum absolute atomic E-state index is 0.699. The molecule has 2 N–H and O–H groups in total. The van der Waals surface area contributed by atoms with Crippen LogP contribution in [0.25, 0.3) is 0 Å². The molecule has 0 aliphatic carbocycles. The summed E-state index contributed by atoms with van der Waals surface area (Å²) in [5, 5.41) is 0. The first-order valence-electron chi connectivity index (χ1n) is 7.68. The van der Waals surface area contributed by atoms with E-state index in [-0.39, 0.29) is 0 Å². The standard InChI is InChI=1S/C18H22N2O/c1-2-13-21-17-11-5-10-16(18(17)19)20-12-6-8-14-7-3-4-9-15(14)20/h3-5,7,9-11H,2,6,8,12-13,19H2,1H3. The summed E-state index contributed by atoms with van der Waals surface area (Å²) in [7, 11) is 0. The van der Waals surface area contributed by atoms with Gasteiger partial charge in [-0.05, 0) is 43.0 Å². The summed E-state index contributed by atoms with van der Waals surface area (Å²) in [5.41, 5.74) is 10.8. The molecule has 1 heterocycles. The van der Waals surface area contributed by atoms with Gasteiger partial charge in [0.1, 0.15) is 5.75 Å². The topological polar surface area (TPSA) is 38.5 Å². The summed E-state index contributed by atoms with van der Waals surface area (Å²) in [6.07, 6.45) is 3.27. The summed E-state index contributed by atoms with van der Waals surface area (Å²) >= 11 is 0. The van der Waals surface area contributed by atoms with Crippen molar-refractivity contribution >= 4 is 17.1 Å². The Morgan fingerprint density at radius 1 is 1.10 bits per heavy atom. The molecule has 21 heavy (non-hydrogen) atoms. The molecule has 2 aromatic rings. The lowest BCUT2D eigenvalue weighted by Crippen LogP contribution is -2.25. The molecule has 0 saturated heterocycles. The fourth-order valence-electron chi connectivity index (χ4n) is 2.89. The van der Waals surface area contributed by atoms with Gasteiger partial charge in [-0.15, -0.1) is 0 Å². The fraction of sp³-hybridized carbons (Fsp3) is 0.333. The Morgan fingerprint density at radius 3 is 2.76 bits per heavy atom. The van der Waals surface area contributed by atoms with Crippen molar-refractivity contribution < 1.29 is 4.74 Å². The van der Waals surface area contributed by atoms with E-state index in [9.17, 15) is 0 Å². The number of rotatable bonds is 4. The highest BCUT2D eigenvalue weighted by molar-refractivity contribution is 5.80. The highest BCUT2D eigenvalue weighted by Crippen LogP contribution is 2.39. The van der Waals surface area contributed by atoms with Gasteiger partial charge >= 0.3 is 0 Å². The largest absolute Gasteiger partial charge is 0.491 e. The highest BCUT2D eigenvalue weighted by atomic mass is 16.5. The molecule has 0 unspecified atom stereocenters. The lowest BCUT2D eigenvalue weighted by molar-refractivity contribution is 0.319. The number of para-hydroxylation sites is 2. The fourth-order valence-corrected chi connectivity index (χ4v) is 2.89. The van der Waals surface area contributed by atoms with Gasteiger partial charge in [-0.1, -0.05) is 31.2 Å². The predicted octanol–water partition coefficient (Wildman–Crippen LogP) is 4.14. The Hall–Kier alpha value is -2.16. The lowest BCUT2D eigenvalue weighted by Gasteiger charge is -2.32. The molecule has 0 aromatic heterocycles. The molecule has 110 valence electrons. The Kier molecular flexibility index (Phi) is 4.00. The van der Waals surface area contributed by atoms with Gasteiger partial charge in [0.2, 0.25) is 0 Å². The molecule has 3 heteroatoms. The van der Waals surface area contributed by atoms with Gasteiger partial charge in [0.05, 0.1) is 18.0 Å². The van der Waals surface area contributed by atoms with E-state index in [1.807, 2.05) is 12.1 Å². The maximum Gasteiger partial charge on any atom is 0.144 e. The van der Waals surface area contributed by atoms with Crippen molar-refractivity contribution in [1.82, 2.24) is 0 Å². The van der Waals surface area contributed by atoms with E-state index in [1.54, 1.807) is 0 Å². The van der Waals surface area contributed by atoms with Crippen LogP contribution in [0.15, 0.2) is 42.5 Å². The molecule has 1 aliphatic rings. The van der Waals surface area contributed by atoms with E-state index >= 15 is 0 Å². The summed E-state index contributed by atoms with van der Waals surface area (Å²) in [6, 6.07) is 14.6. The molecule has 0 amide bonds. The molecule has 0 atom stereocenters.